The quantitative estimate of drug-likeness (QED) is 0.443. The Balaban J connectivity index is 2.67. The van der Waals surface area contributed by atoms with Gasteiger partial charge in [0, 0.05) is 13.0 Å². The second-order valence-corrected chi connectivity index (χ2v) is 6.94. The van der Waals surface area contributed by atoms with Crippen LogP contribution in [0, 0.1) is 5.92 Å². The summed E-state index contributed by atoms with van der Waals surface area (Å²) in [5.74, 6) is -2.33. The number of amides is 3. The molecule has 4 N–H and O–H groups in total. The van der Waals surface area contributed by atoms with Gasteiger partial charge in [0.25, 0.3) is 5.91 Å². The first-order valence-corrected chi connectivity index (χ1v) is 9.18. The summed E-state index contributed by atoms with van der Waals surface area (Å²) >= 11 is 0. The second kappa shape index (κ2) is 10.7. The standard InChI is InChI=1S/C18H30N4O5/c1-5-6-9-14(23)20-15(11(2)3)16(24)19-12(4)17(25)22-10-7-8-13(21-22)18(26)27/h5-6,11-13,15,21H,7-10H2,1-4H3,(H,19,24)(H,20,23)(H,26,27)/b6-5+/t12-,13?,15-/m0/s1. The SMILES string of the molecule is C/C=C/CC(=O)N[C@H](C(=O)N[C@@H](C)C(=O)N1CCCC(C(=O)O)N1)C(C)C. The molecule has 0 aromatic carbocycles. The number of hydrogen-bond donors (Lipinski definition) is 4. The van der Waals surface area contributed by atoms with Gasteiger partial charge >= 0.3 is 5.97 Å². The van der Waals surface area contributed by atoms with E-state index < -0.39 is 35.9 Å². The van der Waals surface area contributed by atoms with E-state index in [1.165, 1.54) is 11.9 Å². The van der Waals surface area contributed by atoms with Gasteiger partial charge in [-0.05, 0) is 32.6 Å². The summed E-state index contributed by atoms with van der Waals surface area (Å²) in [6.07, 6.45) is 4.62. The Hall–Kier alpha value is -2.42. The number of hydrazine groups is 1. The molecule has 1 unspecified atom stereocenters. The highest BCUT2D eigenvalue weighted by molar-refractivity contribution is 5.92. The van der Waals surface area contributed by atoms with Gasteiger partial charge in [0.2, 0.25) is 11.8 Å². The molecule has 9 nitrogen and oxygen atoms in total. The predicted molar refractivity (Wildman–Crippen MR) is 99.3 cm³/mol. The zero-order valence-electron chi connectivity index (χ0n) is 16.3. The highest BCUT2D eigenvalue weighted by atomic mass is 16.4. The Kier molecular flexibility index (Phi) is 8.93. The number of hydrogen-bond acceptors (Lipinski definition) is 5. The molecule has 0 aliphatic carbocycles. The van der Waals surface area contributed by atoms with Crippen molar-refractivity contribution in [3.05, 3.63) is 12.2 Å². The Morgan fingerprint density at radius 1 is 1.22 bits per heavy atom. The third-order valence-corrected chi connectivity index (χ3v) is 4.28. The number of nitrogens with one attached hydrogen (secondary N) is 3. The number of rotatable bonds is 8. The summed E-state index contributed by atoms with van der Waals surface area (Å²) in [6, 6.07) is -2.44. The van der Waals surface area contributed by atoms with E-state index in [4.69, 9.17) is 5.11 Å². The highest BCUT2D eigenvalue weighted by Crippen LogP contribution is 2.09. The normalized spacial score (nSPS) is 19.6. The minimum Gasteiger partial charge on any atom is -0.480 e. The second-order valence-electron chi connectivity index (χ2n) is 6.94. The van der Waals surface area contributed by atoms with Crippen molar-refractivity contribution < 1.29 is 24.3 Å². The molecule has 9 heteroatoms. The minimum atomic E-state index is -1.02. The van der Waals surface area contributed by atoms with Gasteiger partial charge < -0.3 is 15.7 Å². The molecule has 3 atom stereocenters. The van der Waals surface area contributed by atoms with Crippen molar-refractivity contribution in [3.63, 3.8) is 0 Å². The summed E-state index contributed by atoms with van der Waals surface area (Å²) in [7, 11) is 0. The lowest BCUT2D eigenvalue weighted by molar-refractivity contribution is -0.148. The molecule has 27 heavy (non-hydrogen) atoms. The van der Waals surface area contributed by atoms with Crippen molar-refractivity contribution in [2.75, 3.05) is 6.54 Å². The first-order chi connectivity index (χ1) is 12.7. The molecule has 0 spiro atoms. The topological polar surface area (TPSA) is 128 Å². The average molecular weight is 382 g/mol. The number of carboxylic acids is 1. The van der Waals surface area contributed by atoms with Gasteiger partial charge in [0.1, 0.15) is 18.1 Å². The zero-order valence-corrected chi connectivity index (χ0v) is 16.3. The number of carboxylic acid groups (broad SMARTS) is 1. The van der Waals surface area contributed by atoms with Crippen LogP contribution in [-0.2, 0) is 19.2 Å². The lowest BCUT2D eigenvalue weighted by Crippen LogP contribution is -2.60. The summed E-state index contributed by atoms with van der Waals surface area (Å²) in [5, 5.41) is 15.6. The number of carbonyl (C=O) groups excluding carboxylic acids is 3. The van der Waals surface area contributed by atoms with E-state index in [2.05, 4.69) is 16.1 Å². The third-order valence-electron chi connectivity index (χ3n) is 4.28. The lowest BCUT2D eigenvalue weighted by atomic mass is 10.0. The first kappa shape index (κ1) is 22.6. The van der Waals surface area contributed by atoms with Crippen LogP contribution in [0.15, 0.2) is 12.2 Å². The molecule has 0 aromatic heterocycles. The van der Waals surface area contributed by atoms with Crippen LogP contribution in [0.3, 0.4) is 0 Å². The van der Waals surface area contributed by atoms with E-state index in [0.29, 0.717) is 19.4 Å². The molecule has 0 radical (unpaired) electrons. The van der Waals surface area contributed by atoms with Crippen LogP contribution in [-0.4, -0.2) is 58.5 Å². The summed E-state index contributed by atoms with van der Waals surface area (Å²) < 4.78 is 0. The minimum absolute atomic E-state index is 0.161. The molecule has 152 valence electrons. The molecule has 0 aromatic rings. The molecule has 1 heterocycles. The number of carbonyl (C=O) groups is 4. The van der Waals surface area contributed by atoms with Crippen molar-refractivity contribution in [2.45, 2.75) is 65.1 Å². The number of allylic oxidation sites excluding steroid dienone is 1. The Morgan fingerprint density at radius 2 is 1.89 bits per heavy atom. The molecule has 1 aliphatic heterocycles. The molecular weight excluding hydrogens is 352 g/mol. The number of aliphatic carboxylic acids is 1. The fraction of sp³-hybridized carbons (Fsp3) is 0.667. The van der Waals surface area contributed by atoms with Gasteiger partial charge in [-0.1, -0.05) is 26.0 Å². The van der Waals surface area contributed by atoms with E-state index in [9.17, 15) is 19.2 Å². The number of nitrogens with zero attached hydrogens (tertiary/aromatic N) is 1. The van der Waals surface area contributed by atoms with Crippen LogP contribution in [0.1, 0.15) is 47.0 Å². The fourth-order valence-electron chi connectivity index (χ4n) is 2.71. The van der Waals surface area contributed by atoms with E-state index in [-0.39, 0.29) is 18.2 Å². The smallest absolute Gasteiger partial charge is 0.322 e. The van der Waals surface area contributed by atoms with Crippen molar-refractivity contribution in [1.29, 1.82) is 0 Å². The fourth-order valence-corrected chi connectivity index (χ4v) is 2.71. The van der Waals surface area contributed by atoms with Gasteiger partial charge in [0.15, 0.2) is 0 Å². The molecule has 0 bridgehead atoms. The van der Waals surface area contributed by atoms with Gasteiger partial charge in [-0.25, -0.2) is 5.43 Å². The Bertz CT molecular complexity index is 590. The van der Waals surface area contributed by atoms with Crippen molar-refractivity contribution in [3.8, 4) is 0 Å². The predicted octanol–water partition coefficient (Wildman–Crippen LogP) is 0.178. The average Bonchev–Trinajstić information content (AvgIpc) is 2.63. The monoisotopic (exact) mass is 382 g/mol. The van der Waals surface area contributed by atoms with Crippen molar-refractivity contribution >= 4 is 23.7 Å². The molecule has 1 aliphatic rings. The van der Waals surface area contributed by atoms with Crippen LogP contribution < -0.4 is 16.1 Å². The molecule has 1 rings (SSSR count). The van der Waals surface area contributed by atoms with Crippen LogP contribution in [0.4, 0.5) is 0 Å². The maximum atomic E-state index is 12.5. The molecule has 1 fully saturated rings. The van der Waals surface area contributed by atoms with Crippen LogP contribution in [0.2, 0.25) is 0 Å². The summed E-state index contributed by atoms with van der Waals surface area (Å²) in [4.78, 5) is 48.1. The van der Waals surface area contributed by atoms with E-state index >= 15 is 0 Å². The van der Waals surface area contributed by atoms with Crippen molar-refractivity contribution in [1.82, 2.24) is 21.1 Å². The van der Waals surface area contributed by atoms with E-state index in [1.54, 1.807) is 32.9 Å². The molecular formula is C18H30N4O5. The van der Waals surface area contributed by atoms with Crippen LogP contribution in [0.25, 0.3) is 0 Å². The van der Waals surface area contributed by atoms with Gasteiger partial charge in [-0.3, -0.25) is 24.2 Å². The van der Waals surface area contributed by atoms with Gasteiger partial charge in [-0.15, -0.1) is 0 Å². The summed E-state index contributed by atoms with van der Waals surface area (Å²) in [6.45, 7) is 7.31. The maximum absolute atomic E-state index is 12.5. The highest BCUT2D eigenvalue weighted by Gasteiger charge is 2.32. The van der Waals surface area contributed by atoms with Gasteiger partial charge in [0.05, 0.1) is 0 Å². The van der Waals surface area contributed by atoms with Crippen LogP contribution >= 0.6 is 0 Å². The van der Waals surface area contributed by atoms with E-state index in [1.807, 2.05) is 0 Å². The zero-order chi connectivity index (χ0) is 20.6. The molecule has 3 amide bonds. The lowest BCUT2D eigenvalue weighted by Gasteiger charge is -2.34. The van der Waals surface area contributed by atoms with Gasteiger partial charge in [-0.2, -0.15) is 0 Å². The largest absolute Gasteiger partial charge is 0.480 e. The Labute approximate surface area is 159 Å². The molecule has 0 saturated carbocycles. The maximum Gasteiger partial charge on any atom is 0.322 e. The van der Waals surface area contributed by atoms with E-state index in [0.717, 1.165) is 0 Å². The van der Waals surface area contributed by atoms with Crippen molar-refractivity contribution in [2.24, 2.45) is 5.92 Å². The first-order valence-electron chi connectivity index (χ1n) is 9.18. The molecule has 1 saturated heterocycles. The summed E-state index contributed by atoms with van der Waals surface area (Å²) in [5.41, 5.74) is 2.67. The third kappa shape index (κ3) is 7.01. The van der Waals surface area contributed by atoms with Crippen LogP contribution in [0.5, 0.6) is 0 Å². The Morgan fingerprint density at radius 3 is 2.44 bits per heavy atom.